The van der Waals surface area contributed by atoms with E-state index in [9.17, 15) is 14.4 Å². The molecule has 0 rings (SSSR count). The van der Waals surface area contributed by atoms with Crippen molar-refractivity contribution in [3.05, 3.63) is 0 Å². The Kier molecular flexibility index (Phi) is 39.4. The molecule has 0 aliphatic carbocycles. The molecule has 0 aliphatic rings. The Morgan fingerprint density at radius 3 is 1.00 bits per heavy atom. The summed E-state index contributed by atoms with van der Waals surface area (Å²) in [5, 5.41) is 0. The molecule has 0 bridgehead atoms. The molecule has 0 heterocycles. The van der Waals surface area contributed by atoms with Gasteiger partial charge in [0, 0.05) is 19.3 Å². The van der Waals surface area contributed by atoms with Crippen LogP contribution in [0.1, 0.15) is 252 Å². The maximum absolute atomic E-state index is 12.7. The highest BCUT2D eigenvalue weighted by Gasteiger charge is 2.19. The smallest absolute Gasteiger partial charge is 0.306 e. The minimum atomic E-state index is -0.759. The predicted molar refractivity (Wildman–Crippen MR) is 220 cm³/mol. The van der Waals surface area contributed by atoms with Crippen LogP contribution in [-0.2, 0) is 28.6 Å². The van der Waals surface area contributed by atoms with Crippen molar-refractivity contribution in [3.63, 3.8) is 0 Å². The van der Waals surface area contributed by atoms with Crippen molar-refractivity contribution >= 4 is 17.9 Å². The van der Waals surface area contributed by atoms with Crippen LogP contribution in [0.15, 0.2) is 0 Å². The van der Waals surface area contributed by atoms with Gasteiger partial charge in [0.05, 0.1) is 0 Å². The Bertz CT molecular complexity index is 783. The zero-order valence-corrected chi connectivity index (χ0v) is 35.3. The van der Waals surface area contributed by atoms with Gasteiger partial charge in [-0.1, -0.05) is 214 Å². The van der Waals surface area contributed by atoms with Gasteiger partial charge in [-0.3, -0.25) is 14.4 Å². The fourth-order valence-electron chi connectivity index (χ4n) is 6.77. The number of unbranched alkanes of at least 4 members (excludes halogenated alkanes) is 27. The van der Waals surface area contributed by atoms with Crippen LogP contribution in [0.5, 0.6) is 0 Å². The molecule has 0 saturated carbocycles. The minimum absolute atomic E-state index is 0.0643. The minimum Gasteiger partial charge on any atom is -0.462 e. The van der Waals surface area contributed by atoms with E-state index >= 15 is 0 Å². The van der Waals surface area contributed by atoms with Gasteiger partial charge in [0.25, 0.3) is 0 Å². The van der Waals surface area contributed by atoms with Crippen LogP contribution in [0.2, 0.25) is 0 Å². The van der Waals surface area contributed by atoms with Gasteiger partial charge in [0.1, 0.15) is 13.2 Å². The van der Waals surface area contributed by atoms with Crippen molar-refractivity contribution < 1.29 is 28.6 Å². The van der Waals surface area contributed by atoms with Crippen molar-refractivity contribution in [1.82, 2.24) is 0 Å². The number of hydrogen-bond donors (Lipinski definition) is 0. The molecule has 0 saturated heterocycles. The summed E-state index contributed by atoms with van der Waals surface area (Å²) in [6.07, 6.45) is 39.4. The fraction of sp³-hybridized carbons (Fsp3) is 0.935. The van der Waals surface area contributed by atoms with Gasteiger partial charge in [-0.2, -0.15) is 0 Å². The van der Waals surface area contributed by atoms with Gasteiger partial charge in [0.2, 0.25) is 0 Å². The van der Waals surface area contributed by atoms with E-state index in [2.05, 4.69) is 27.7 Å². The predicted octanol–water partition coefficient (Wildman–Crippen LogP) is 14.3. The molecule has 0 aromatic heterocycles. The van der Waals surface area contributed by atoms with E-state index in [-0.39, 0.29) is 31.1 Å². The van der Waals surface area contributed by atoms with Crippen molar-refractivity contribution in [2.24, 2.45) is 5.92 Å². The summed E-state index contributed by atoms with van der Waals surface area (Å²) in [4.78, 5) is 37.7. The molecule has 1 unspecified atom stereocenters. The van der Waals surface area contributed by atoms with Crippen LogP contribution in [0, 0.1) is 5.92 Å². The van der Waals surface area contributed by atoms with E-state index < -0.39 is 6.10 Å². The molecule has 6 nitrogen and oxygen atoms in total. The zero-order chi connectivity index (χ0) is 38.2. The van der Waals surface area contributed by atoms with Crippen molar-refractivity contribution in [2.75, 3.05) is 13.2 Å². The lowest BCUT2D eigenvalue weighted by Crippen LogP contribution is -2.30. The molecule has 0 fully saturated rings. The molecule has 0 aliphatic heterocycles. The molecular weight excluding hydrogens is 648 g/mol. The lowest BCUT2D eigenvalue weighted by molar-refractivity contribution is -0.167. The van der Waals surface area contributed by atoms with E-state index in [1.165, 1.54) is 148 Å². The number of rotatable bonds is 41. The first-order valence-electron chi connectivity index (χ1n) is 22.9. The second-order valence-electron chi connectivity index (χ2n) is 15.9. The van der Waals surface area contributed by atoms with Crippen LogP contribution in [0.3, 0.4) is 0 Å². The standard InChI is InChI=1S/C46H88O6/c1-5-8-10-12-14-16-18-20-22-24-29-33-37-44(47)50-40-43(41-51-45(48)38-34-30-27-26-28-32-36-42(4)7-3)52-46(49)39-35-31-25-23-21-19-17-15-13-11-9-6-2/h42-43H,5-41H2,1-4H3/t42?,43-/m1/s1. The Labute approximate surface area is 323 Å². The average molecular weight is 737 g/mol. The fourth-order valence-corrected chi connectivity index (χ4v) is 6.77. The summed E-state index contributed by atoms with van der Waals surface area (Å²) in [6, 6.07) is 0. The summed E-state index contributed by atoms with van der Waals surface area (Å²) < 4.78 is 16.7. The maximum Gasteiger partial charge on any atom is 0.306 e. The number of carbonyl (C=O) groups excluding carboxylic acids is 3. The Morgan fingerprint density at radius 2 is 0.673 bits per heavy atom. The van der Waals surface area contributed by atoms with E-state index in [1.54, 1.807) is 0 Å². The van der Waals surface area contributed by atoms with Crippen LogP contribution >= 0.6 is 0 Å². The molecule has 0 radical (unpaired) electrons. The molecule has 0 amide bonds. The highest BCUT2D eigenvalue weighted by Crippen LogP contribution is 2.16. The quantitative estimate of drug-likeness (QED) is 0.0353. The SMILES string of the molecule is CCCCCCCCCCCCCCC(=O)OC[C@H](COC(=O)CCCCCCCCC(C)CC)OC(=O)CCCCCCCCCCCCCC. The topological polar surface area (TPSA) is 78.9 Å². The van der Waals surface area contributed by atoms with E-state index in [0.29, 0.717) is 19.3 Å². The highest BCUT2D eigenvalue weighted by atomic mass is 16.6. The van der Waals surface area contributed by atoms with Crippen molar-refractivity contribution in [3.8, 4) is 0 Å². The van der Waals surface area contributed by atoms with E-state index in [1.807, 2.05) is 0 Å². The summed E-state index contributed by atoms with van der Waals surface area (Å²) in [7, 11) is 0. The first kappa shape index (κ1) is 50.4. The Morgan fingerprint density at radius 1 is 0.385 bits per heavy atom. The summed E-state index contributed by atoms with van der Waals surface area (Å²) in [6.45, 7) is 8.96. The summed E-state index contributed by atoms with van der Waals surface area (Å²) in [5.41, 5.74) is 0. The molecule has 308 valence electrons. The van der Waals surface area contributed by atoms with Crippen LogP contribution < -0.4 is 0 Å². The monoisotopic (exact) mass is 737 g/mol. The lowest BCUT2D eigenvalue weighted by Gasteiger charge is -2.18. The molecular formula is C46H88O6. The third-order valence-corrected chi connectivity index (χ3v) is 10.7. The zero-order valence-electron chi connectivity index (χ0n) is 35.3. The van der Waals surface area contributed by atoms with Crippen molar-refractivity contribution in [1.29, 1.82) is 0 Å². The Balaban J connectivity index is 4.34. The van der Waals surface area contributed by atoms with Gasteiger partial charge in [-0.15, -0.1) is 0 Å². The lowest BCUT2D eigenvalue weighted by atomic mass is 10.00. The second-order valence-corrected chi connectivity index (χ2v) is 15.9. The number of esters is 3. The van der Waals surface area contributed by atoms with Gasteiger partial charge >= 0.3 is 17.9 Å². The van der Waals surface area contributed by atoms with Gasteiger partial charge in [-0.05, 0) is 25.2 Å². The number of ether oxygens (including phenoxy) is 3. The van der Waals surface area contributed by atoms with E-state index in [0.717, 1.165) is 63.7 Å². The molecule has 52 heavy (non-hydrogen) atoms. The first-order valence-corrected chi connectivity index (χ1v) is 22.9. The van der Waals surface area contributed by atoms with Crippen LogP contribution in [-0.4, -0.2) is 37.2 Å². The first-order chi connectivity index (χ1) is 25.4. The second kappa shape index (κ2) is 40.6. The van der Waals surface area contributed by atoms with Gasteiger partial charge in [0.15, 0.2) is 6.10 Å². The summed E-state index contributed by atoms with van der Waals surface area (Å²) >= 11 is 0. The molecule has 0 N–H and O–H groups in total. The number of hydrogen-bond acceptors (Lipinski definition) is 6. The van der Waals surface area contributed by atoms with Crippen molar-refractivity contribution in [2.45, 2.75) is 259 Å². The molecule has 2 atom stereocenters. The molecule has 0 spiro atoms. The third kappa shape index (κ3) is 38.1. The normalized spacial score (nSPS) is 12.5. The average Bonchev–Trinajstić information content (AvgIpc) is 3.14. The molecule has 6 heteroatoms. The maximum atomic E-state index is 12.7. The largest absolute Gasteiger partial charge is 0.462 e. The number of carbonyl (C=O) groups is 3. The van der Waals surface area contributed by atoms with Gasteiger partial charge < -0.3 is 14.2 Å². The highest BCUT2D eigenvalue weighted by molar-refractivity contribution is 5.71. The summed E-state index contributed by atoms with van der Waals surface area (Å²) in [5.74, 6) is -0.0420. The van der Waals surface area contributed by atoms with Crippen LogP contribution in [0.25, 0.3) is 0 Å². The molecule has 0 aromatic carbocycles. The third-order valence-electron chi connectivity index (χ3n) is 10.7. The molecule has 0 aromatic rings. The van der Waals surface area contributed by atoms with Gasteiger partial charge in [-0.25, -0.2) is 0 Å². The van der Waals surface area contributed by atoms with Crippen LogP contribution in [0.4, 0.5) is 0 Å². The Hall–Kier alpha value is -1.59. The van der Waals surface area contributed by atoms with E-state index in [4.69, 9.17) is 14.2 Å².